The van der Waals surface area contributed by atoms with Crippen molar-refractivity contribution in [1.29, 1.82) is 0 Å². The predicted octanol–water partition coefficient (Wildman–Crippen LogP) is 1.77. The molecule has 0 aromatic heterocycles. The van der Waals surface area contributed by atoms with Crippen molar-refractivity contribution in [2.24, 2.45) is 0 Å². The first-order valence-corrected chi connectivity index (χ1v) is 7.15. The molecule has 0 aliphatic carbocycles. The summed E-state index contributed by atoms with van der Waals surface area (Å²) >= 11 is 0. The van der Waals surface area contributed by atoms with Crippen molar-refractivity contribution in [2.45, 2.75) is 65.5 Å². The third-order valence-corrected chi connectivity index (χ3v) is 3.11. The number of rotatable bonds is 10. The van der Waals surface area contributed by atoms with Gasteiger partial charge in [-0.25, -0.2) is 0 Å². The van der Waals surface area contributed by atoms with Crippen molar-refractivity contribution >= 4 is 5.91 Å². The highest BCUT2D eigenvalue weighted by molar-refractivity contribution is 5.78. The standard InChI is InChI=1S/C14H30N2O2/c1-5-6-7-8-13(4)15-14(18)11-16(9-10-17)12(2)3/h12-13,17H,5-11H2,1-4H3,(H,15,18). The number of carbonyl (C=O) groups is 1. The third-order valence-electron chi connectivity index (χ3n) is 3.11. The van der Waals surface area contributed by atoms with Crippen LogP contribution in [0.4, 0.5) is 0 Å². The molecular formula is C14H30N2O2. The van der Waals surface area contributed by atoms with Crippen LogP contribution in [0.15, 0.2) is 0 Å². The fraction of sp³-hybridized carbons (Fsp3) is 0.929. The van der Waals surface area contributed by atoms with Crippen LogP contribution < -0.4 is 5.32 Å². The maximum absolute atomic E-state index is 11.8. The first-order valence-electron chi connectivity index (χ1n) is 7.15. The number of nitrogens with one attached hydrogen (secondary N) is 1. The number of hydrogen-bond acceptors (Lipinski definition) is 3. The highest BCUT2D eigenvalue weighted by Crippen LogP contribution is 2.03. The van der Waals surface area contributed by atoms with Gasteiger partial charge in [-0.2, -0.15) is 0 Å². The molecule has 1 amide bonds. The van der Waals surface area contributed by atoms with E-state index < -0.39 is 0 Å². The van der Waals surface area contributed by atoms with Gasteiger partial charge in [0.2, 0.25) is 5.91 Å². The lowest BCUT2D eigenvalue weighted by Gasteiger charge is -2.25. The normalized spacial score (nSPS) is 13.1. The average Bonchev–Trinajstić information content (AvgIpc) is 2.28. The molecule has 0 aromatic rings. The van der Waals surface area contributed by atoms with Crippen molar-refractivity contribution < 1.29 is 9.90 Å². The number of amides is 1. The molecule has 4 nitrogen and oxygen atoms in total. The summed E-state index contributed by atoms with van der Waals surface area (Å²) in [7, 11) is 0. The Balaban J connectivity index is 3.92. The van der Waals surface area contributed by atoms with Gasteiger partial charge in [-0.3, -0.25) is 9.69 Å². The van der Waals surface area contributed by atoms with Crippen molar-refractivity contribution in [2.75, 3.05) is 19.7 Å². The lowest BCUT2D eigenvalue weighted by molar-refractivity contribution is -0.123. The molecule has 1 unspecified atom stereocenters. The van der Waals surface area contributed by atoms with Gasteiger partial charge in [0, 0.05) is 18.6 Å². The van der Waals surface area contributed by atoms with Crippen molar-refractivity contribution in [3.8, 4) is 0 Å². The van der Waals surface area contributed by atoms with Gasteiger partial charge in [0.25, 0.3) is 0 Å². The molecule has 0 aromatic carbocycles. The largest absolute Gasteiger partial charge is 0.395 e. The molecule has 0 heterocycles. The fourth-order valence-electron chi connectivity index (χ4n) is 1.93. The minimum Gasteiger partial charge on any atom is -0.395 e. The van der Waals surface area contributed by atoms with E-state index in [1.54, 1.807) is 0 Å². The zero-order valence-electron chi connectivity index (χ0n) is 12.4. The molecule has 0 radical (unpaired) electrons. The van der Waals surface area contributed by atoms with Gasteiger partial charge in [-0.05, 0) is 27.2 Å². The summed E-state index contributed by atoms with van der Waals surface area (Å²) in [4.78, 5) is 13.8. The van der Waals surface area contributed by atoms with Gasteiger partial charge < -0.3 is 10.4 Å². The maximum Gasteiger partial charge on any atom is 0.234 e. The van der Waals surface area contributed by atoms with E-state index in [4.69, 9.17) is 5.11 Å². The number of aliphatic hydroxyl groups excluding tert-OH is 1. The molecule has 0 aliphatic rings. The monoisotopic (exact) mass is 258 g/mol. The van der Waals surface area contributed by atoms with Crippen LogP contribution in [-0.4, -0.2) is 47.7 Å². The SMILES string of the molecule is CCCCCC(C)NC(=O)CN(CCO)C(C)C. The Morgan fingerprint density at radius 1 is 1.28 bits per heavy atom. The van der Waals surface area contributed by atoms with Crippen molar-refractivity contribution in [3.05, 3.63) is 0 Å². The number of hydrogen-bond donors (Lipinski definition) is 2. The first kappa shape index (κ1) is 17.4. The van der Waals surface area contributed by atoms with E-state index in [0.29, 0.717) is 13.1 Å². The second-order valence-corrected chi connectivity index (χ2v) is 5.25. The fourth-order valence-corrected chi connectivity index (χ4v) is 1.93. The Kier molecular flexibility index (Phi) is 9.98. The number of unbranched alkanes of at least 4 members (excludes halogenated alkanes) is 2. The van der Waals surface area contributed by atoms with E-state index in [1.807, 2.05) is 18.7 Å². The van der Waals surface area contributed by atoms with E-state index in [2.05, 4.69) is 19.2 Å². The molecule has 108 valence electrons. The predicted molar refractivity (Wildman–Crippen MR) is 75.5 cm³/mol. The number of nitrogens with zero attached hydrogens (tertiary/aromatic N) is 1. The van der Waals surface area contributed by atoms with Crippen LogP contribution in [0.3, 0.4) is 0 Å². The Labute approximate surface area is 112 Å². The van der Waals surface area contributed by atoms with Crippen LogP contribution >= 0.6 is 0 Å². The Hall–Kier alpha value is -0.610. The highest BCUT2D eigenvalue weighted by atomic mass is 16.3. The summed E-state index contributed by atoms with van der Waals surface area (Å²) in [6, 6.07) is 0.519. The topological polar surface area (TPSA) is 52.6 Å². The van der Waals surface area contributed by atoms with E-state index in [1.165, 1.54) is 19.3 Å². The molecule has 0 fully saturated rings. The molecule has 1 atom stereocenters. The third kappa shape index (κ3) is 8.48. The van der Waals surface area contributed by atoms with E-state index in [0.717, 1.165) is 6.42 Å². The van der Waals surface area contributed by atoms with Crippen LogP contribution in [0.1, 0.15) is 53.4 Å². The molecule has 0 rings (SSSR count). The Morgan fingerprint density at radius 3 is 2.44 bits per heavy atom. The van der Waals surface area contributed by atoms with Crippen LogP contribution in [0.25, 0.3) is 0 Å². The quantitative estimate of drug-likeness (QED) is 0.587. The summed E-state index contributed by atoms with van der Waals surface area (Å²) in [5.74, 6) is 0.0566. The second-order valence-electron chi connectivity index (χ2n) is 5.25. The smallest absolute Gasteiger partial charge is 0.234 e. The first-order chi connectivity index (χ1) is 8.51. The average molecular weight is 258 g/mol. The molecule has 0 saturated carbocycles. The van der Waals surface area contributed by atoms with E-state index in [-0.39, 0.29) is 24.6 Å². The molecule has 2 N–H and O–H groups in total. The molecular weight excluding hydrogens is 228 g/mol. The van der Waals surface area contributed by atoms with E-state index >= 15 is 0 Å². The molecule has 0 saturated heterocycles. The summed E-state index contributed by atoms with van der Waals surface area (Å²) in [5.41, 5.74) is 0. The highest BCUT2D eigenvalue weighted by Gasteiger charge is 2.14. The van der Waals surface area contributed by atoms with Crippen LogP contribution in [-0.2, 0) is 4.79 Å². The molecule has 0 spiro atoms. The van der Waals surface area contributed by atoms with Crippen molar-refractivity contribution in [1.82, 2.24) is 10.2 Å². The van der Waals surface area contributed by atoms with Crippen LogP contribution in [0.5, 0.6) is 0 Å². The van der Waals surface area contributed by atoms with Gasteiger partial charge in [0.05, 0.1) is 13.2 Å². The van der Waals surface area contributed by atoms with Gasteiger partial charge in [-0.1, -0.05) is 26.2 Å². The van der Waals surface area contributed by atoms with E-state index in [9.17, 15) is 4.79 Å². The number of carbonyl (C=O) groups excluding carboxylic acids is 1. The summed E-state index contributed by atoms with van der Waals surface area (Å²) in [6.45, 7) is 9.32. The lowest BCUT2D eigenvalue weighted by Crippen LogP contribution is -2.44. The summed E-state index contributed by atoms with van der Waals surface area (Å²) < 4.78 is 0. The molecule has 18 heavy (non-hydrogen) atoms. The van der Waals surface area contributed by atoms with Gasteiger partial charge in [0.15, 0.2) is 0 Å². The van der Waals surface area contributed by atoms with Crippen LogP contribution in [0, 0.1) is 0 Å². The molecule has 0 aliphatic heterocycles. The Morgan fingerprint density at radius 2 is 1.94 bits per heavy atom. The summed E-state index contributed by atoms with van der Waals surface area (Å²) in [6.07, 6.45) is 4.64. The number of aliphatic hydroxyl groups is 1. The van der Waals surface area contributed by atoms with Gasteiger partial charge in [-0.15, -0.1) is 0 Å². The van der Waals surface area contributed by atoms with Gasteiger partial charge >= 0.3 is 0 Å². The maximum atomic E-state index is 11.8. The van der Waals surface area contributed by atoms with Crippen LogP contribution in [0.2, 0.25) is 0 Å². The van der Waals surface area contributed by atoms with Crippen molar-refractivity contribution in [3.63, 3.8) is 0 Å². The minimum absolute atomic E-state index is 0.0566. The Bertz CT molecular complexity index is 220. The zero-order chi connectivity index (χ0) is 14.0. The second kappa shape index (κ2) is 10.3. The lowest BCUT2D eigenvalue weighted by atomic mass is 10.1. The zero-order valence-corrected chi connectivity index (χ0v) is 12.4. The summed E-state index contributed by atoms with van der Waals surface area (Å²) in [5, 5.41) is 12.0. The molecule has 4 heteroatoms. The molecule has 0 bridgehead atoms. The minimum atomic E-state index is 0.0566. The van der Waals surface area contributed by atoms with Gasteiger partial charge in [0.1, 0.15) is 0 Å².